The number of aryl methyl sites for hydroxylation is 1. The molecule has 0 aromatic carbocycles. The maximum absolute atomic E-state index is 9.36. The molecule has 4 heteroatoms. The van der Waals surface area contributed by atoms with Gasteiger partial charge < -0.3 is 9.80 Å². The Morgan fingerprint density at radius 1 is 1.14 bits per heavy atom. The molecule has 2 saturated heterocycles. The van der Waals surface area contributed by atoms with Crippen LogP contribution in [0, 0.1) is 18.3 Å². The molecule has 3 rings (SSSR count). The summed E-state index contributed by atoms with van der Waals surface area (Å²) in [5, 5.41) is 9.36. The van der Waals surface area contributed by atoms with Crippen molar-refractivity contribution in [2.75, 3.05) is 31.1 Å². The molecule has 2 fully saturated rings. The highest BCUT2D eigenvalue weighted by Crippen LogP contribution is 2.26. The maximum Gasteiger partial charge on any atom is 0.146 e. The van der Waals surface area contributed by atoms with Gasteiger partial charge in [0.05, 0.1) is 5.56 Å². The van der Waals surface area contributed by atoms with E-state index < -0.39 is 0 Å². The van der Waals surface area contributed by atoms with E-state index >= 15 is 0 Å². The van der Waals surface area contributed by atoms with Crippen molar-refractivity contribution in [2.45, 2.75) is 45.1 Å². The summed E-state index contributed by atoms with van der Waals surface area (Å²) in [5.41, 5.74) is 1.77. The van der Waals surface area contributed by atoms with E-state index in [-0.39, 0.29) is 0 Å². The highest BCUT2D eigenvalue weighted by atomic mass is 15.2. The van der Waals surface area contributed by atoms with Crippen molar-refractivity contribution in [1.82, 2.24) is 9.88 Å². The summed E-state index contributed by atoms with van der Waals surface area (Å²) in [4.78, 5) is 9.44. The summed E-state index contributed by atoms with van der Waals surface area (Å²) in [6.07, 6.45) is 8.33. The van der Waals surface area contributed by atoms with Crippen molar-refractivity contribution in [1.29, 1.82) is 5.26 Å². The summed E-state index contributed by atoms with van der Waals surface area (Å²) >= 11 is 0. The zero-order chi connectivity index (χ0) is 14.7. The van der Waals surface area contributed by atoms with Gasteiger partial charge in [0.2, 0.25) is 0 Å². The van der Waals surface area contributed by atoms with Crippen LogP contribution in [-0.4, -0.2) is 42.1 Å². The fraction of sp³-hybridized carbons (Fsp3) is 0.647. The van der Waals surface area contributed by atoms with Crippen LogP contribution in [0.5, 0.6) is 0 Å². The summed E-state index contributed by atoms with van der Waals surface area (Å²) in [6.45, 7) is 6.58. The first-order valence-corrected chi connectivity index (χ1v) is 8.14. The SMILES string of the molecule is Cc1ccnc(N2CCC(N3CCCCC3)CC2)c1C#N. The van der Waals surface area contributed by atoms with Crippen LogP contribution in [0.1, 0.15) is 43.2 Å². The molecule has 0 spiro atoms. The lowest BCUT2D eigenvalue weighted by molar-refractivity contribution is 0.141. The second-order valence-corrected chi connectivity index (χ2v) is 6.25. The van der Waals surface area contributed by atoms with Crippen LogP contribution in [0.15, 0.2) is 12.3 Å². The van der Waals surface area contributed by atoms with Gasteiger partial charge in [-0.3, -0.25) is 0 Å². The first kappa shape index (κ1) is 14.3. The highest BCUT2D eigenvalue weighted by Gasteiger charge is 2.27. The average Bonchev–Trinajstić information content (AvgIpc) is 2.55. The Labute approximate surface area is 127 Å². The van der Waals surface area contributed by atoms with Gasteiger partial charge in [0.25, 0.3) is 0 Å². The molecule has 21 heavy (non-hydrogen) atoms. The lowest BCUT2D eigenvalue weighted by Crippen LogP contribution is -2.47. The first-order valence-electron chi connectivity index (χ1n) is 8.14. The van der Waals surface area contributed by atoms with Crippen molar-refractivity contribution in [3.8, 4) is 6.07 Å². The normalized spacial score (nSPS) is 21.2. The number of pyridine rings is 1. The van der Waals surface area contributed by atoms with Gasteiger partial charge in [-0.1, -0.05) is 6.42 Å². The molecule has 0 atom stereocenters. The van der Waals surface area contributed by atoms with Crippen molar-refractivity contribution < 1.29 is 0 Å². The van der Waals surface area contributed by atoms with Gasteiger partial charge >= 0.3 is 0 Å². The fourth-order valence-electron chi connectivity index (χ4n) is 3.65. The molecule has 3 heterocycles. The summed E-state index contributed by atoms with van der Waals surface area (Å²) in [6, 6.07) is 4.97. The average molecular weight is 284 g/mol. The minimum atomic E-state index is 0.733. The Morgan fingerprint density at radius 3 is 2.52 bits per heavy atom. The molecule has 0 bridgehead atoms. The van der Waals surface area contributed by atoms with Crippen molar-refractivity contribution in [2.24, 2.45) is 0 Å². The second kappa shape index (κ2) is 6.44. The van der Waals surface area contributed by atoms with Crippen molar-refractivity contribution in [3.05, 3.63) is 23.4 Å². The van der Waals surface area contributed by atoms with Crippen LogP contribution >= 0.6 is 0 Å². The van der Waals surface area contributed by atoms with Crippen molar-refractivity contribution >= 4 is 5.82 Å². The smallest absolute Gasteiger partial charge is 0.146 e. The van der Waals surface area contributed by atoms with Crippen LogP contribution in [0.4, 0.5) is 5.82 Å². The molecule has 0 aliphatic carbocycles. The third kappa shape index (κ3) is 3.03. The predicted molar refractivity (Wildman–Crippen MR) is 84.3 cm³/mol. The molecule has 112 valence electrons. The van der Waals surface area contributed by atoms with Gasteiger partial charge in [-0.25, -0.2) is 4.98 Å². The number of piperidine rings is 2. The monoisotopic (exact) mass is 284 g/mol. The topological polar surface area (TPSA) is 43.2 Å². The lowest BCUT2D eigenvalue weighted by atomic mass is 9.99. The standard InChI is InChI=1S/C17H24N4/c1-14-5-8-19-17(16(14)13-18)21-11-6-15(7-12-21)20-9-3-2-4-10-20/h5,8,15H,2-4,6-7,9-12H2,1H3. The predicted octanol–water partition coefficient (Wildman–Crippen LogP) is 2.72. The molecular formula is C17H24N4. The van der Waals surface area contributed by atoms with Crippen LogP contribution in [0.25, 0.3) is 0 Å². The highest BCUT2D eigenvalue weighted by molar-refractivity contribution is 5.57. The minimum absolute atomic E-state index is 0.733. The fourth-order valence-corrected chi connectivity index (χ4v) is 3.65. The van der Waals surface area contributed by atoms with E-state index in [1.807, 2.05) is 19.2 Å². The number of nitriles is 1. The van der Waals surface area contributed by atoms with Crippen LogP contribution < -0.4 is 4.90 Å². The van der Waals surface area contributed by atoms with Crippen molar-refractivity contribution in [3.63, 3.8) is 0 Å². The molecular weight excluding hydrogens is 260 g/mol. The van der Waals surface area contributed by atoms with E-state index in [2.05, 4.69) is 20.9 Å². The Hall–Kier alpha value is -1.60. The molecule has 0 amide bonds. The molecule has 2 aliphatic heterocycles. The van der Waals surface area contributed by atoms with E-state index in [1.165, 1.54) is 45.2 Å². The molecule has 0 unspecified atom stereocenters. The number of hydrogen-bond acceptors (Lipinski definition) is 4. The molecule has 0 saturated carbocycles. The molecule has 1 aromatic rings. The summed E-state index contributed by atoms with van der Waals surface area (Å²) in [7, 11) is 0. The molecule has 0 radical (unpaired) electrons. The van der Waals surface area contributed by atoms with Crippen LogP contribution in [0.2, 0.25) is 0 Å². The molecule has 1 aromatic heterocycles. The number of aromatic nitrogens is 1. The Bertz CT molecular complexity index is 520. The molecule has 0 N–H and O–H groups in total. The molecule has 4 nitrogen and oxygen atoms in total. The van der Waals surface area contributed by atoms with Gasteiger partial charge in [-0.2, -0.15) is 5.26 Å². The zero-order valence-electron chi connectivity index (χ0n) is 12.9. The van der Waals surface area contributed by atoms with E-state index in [4.69, 9.17) is 0 Å². The number of rotatable bonds is 2. The Morgan fingerprint density at radius 2 is 1.86 bits per heavy atom. The van der Waals surface area contributed by atoms with E-state index in [1.54, 1.807) is 0 Å². The lowest BCUT2D eigenvalue weighted by Gasteiger charge is -2.40. The Kier molecular flexibility index (Phi) is 4.40. The van der Waals surface area contributed by atoms with Gasteiger partial charge in [0.15, 0.2) is 0 Å². The minimum Gasteiger partial charge on any atom is -0.355 e. The second-order valence-electron chi connectivity index (χ2n) is 6.25. The van der Waals surface area contributed by atoms with Gasteiger partial charge in [-0.15, -0.1) is 0 Å². The number of anilines is 1. The zero-order valence-corrected chi connectivity index (χ0v) is 12.9. The van der Waals surface area contributed by atoms with E-state index in [9.17, 15) is 5.26 Å². The first-order chi connectivity index (χ1) is 10.3. The van der Waals surface area contributed by atoms with Gasteiger partial charge in [0.1, 0.15) is 11.9 Å². The Balaban J connectivity index is 1.66. The number of likely N-dealkylation sites (tertiary alicyclic amines) is 1. The van der Waals surface area contributed by atoms with E-state index in [0.29, 0.717) is 0 Å². The van der Waals surface area contributed by atoms with Gasteiger partial charge in [0, 0.05) is 25.3 Å². The largest absolute Gasteiger partial charge is 0.355 e. The van der Waals surface area contributed by atoms with Gasteiger partial charge in [-0.05, 0) is 57.3 Å². The number of hydrogen-bond donors (Lipinski definition) is 0. The van der Waals surface area contributed by atoms with E-state index in [0.717, 1.165) is 36.1 Å². The third-order valence-electron chi connectivity index (χ3n) is 4.92. The molecule has 2 aliphatic rings. The summed E-state index contributed by atoms with van der Waals surface area (Å²) in [5.74, 6) is 0.884. The number of nitrogens with zero attached hydrogens (tertiary/aromatic N) is 4. The van der Waals surface area contributed by atoms with Crippen LogP contribution in [0.3, 0.4) is 0 Å². The summed E-state index contributed by atoms with van der Waals surface area (Å²) < 4.78 is 0. The maximum atomic E-state index is 9.36. The quantitative estimate of drug-likeness (QED) is 0.837. The third-order valence-corrected chi connectivity index (χ3v) is 4.92. The van der Waals surface area contributed by atoms with Crippen LogP contribution in [-0.2, 0) is 0 Å².